The van der Waals surface area contributed by atoms with Gasteiger partial charge in [0.1, 0.15) is 0 Å². The van der Waals surface area contributed by atoms with Crippen molar-refractivity contribution in [3.05, 3.63) is 53.6 Å². The highest BCUT2D eigenvalue weighted by Crippen LogP contribution is 2.06. The zero-order valence-electron chi connectivity index (χ0n) is 12.3. The Kier molecular flexibility index (Phi) is 6.60. The molecule has 0 radical (unpaired) electrons. The molecular formula is C17H21NO2. The van der Waals surface area contributed by atoms with Crippen molar-refractivity contribution >= 4 is 17.6 Å². The van der Waals surface area contributed by atoms with Gasteiger partial charge < -0.3 is 4.90 Å². The Morgan fingerprint density at radius 3 is 2.35 bits per heavy atom. The third-order valence-electron chi connectivity index (χ3n) is 2.82. The van der Waals surface area contributed by atoms with Gasteiger partial charge in [0.2, 0.25) is 0 Å². The predicted octanol–water partition coefficient (Wildman–Crippen LogP) is 2.74. The first-order valence-corrected chi connectivity index (χ1v) is 6.63. The summed E-state index contributed by atoms with van der Waals surface area (Å²) in [4.78, 5) is 25.4. The molecule has 0 amide bonds. The molecule has 0 aliphatic heterocycles. The fraction of sp³-hybridized carbons (Fsp3) is 0.294. The highest BCUT2D eigenvalue weighted by atomic mass is 16.1. The molecule has 20 heavy (non-hydrogen) atoms. The number of carbonyl (C=O) groups is 2. The van der Waals surface area contributed by atoms with Crippen LogP contribution >= 0.6 is 0 Å². The zero-order chi connectivity index (χ0) is 15.0. The number of rotatable bonds is 7. The fourth-order valence-electron chi connectivity index (χ4n) is 1.69. The van der Waals surface area contributed by atoms with Crippen molar-refractivity contribution in [3.8, 4) is 0 Å². The number of benzene rings is 1. The number of nitrogens with zero attached hydrogens (tertiary/aromatic N) is 1. The van der Waals surface area contributed by atoms with Crippen molar-refractivity contribution in [2.75, 3.05) is 20.6 Å². The summed E-state index contributed by atoms with van der Waals surface area (Å²) < 4.78 is 0. The first kappa shape index (κ1) is 16.1. The molecule has 0 aliphatic carbocycles. The zero-order valence-corrected chi connectivity index (χ0v) is 12.3. The van der Waals surface area contributed by atoms with E-state index in [1.165, 1.54) is 6.92 Å². The van der Waals surface area contributed by atoms with Crippen LogP contribution < -0.4 is 0 Å². The molecule has 0 aliphatic rings. The molecule has 0 heterocycles. The van der Waals surface area contributed by atoms with Gasteiger partial charge in [0, 0.05) is 13.0 Å². The van der Waals surface area contributed by atoms with Crippen molar-refractivity contribution in [2.24, 2.45) is 0 Å². The summed E-state index contributed by atoms with van der Waals surface area (Å²) in [5.74, 6) is -0.296. The largest absolute Gasteiger partial charge is 0.309 e. The Balaban J connectivity index is 2.75. The van der Waals surface area contributed by atoms with E-state index in [0.717, 1.165) is 5.56 Å². The molecule has 1 aromatic carbocycles. The van der Waals surface area contributed by atoms with Gasteiger partial charge in [-0.15, -0.1) is 0 Å². The van der Waals surface area contributed by atoms with Gasteiger partial charge in [0.25, 0.3) is 0 Å². The van der Waals surface area contributed by atoms with Crippen LogP contribution in [0.2, 0.25) is 0 Å². The molecule has 0 atom stereocenters. The molecule has 0 bridgehead atoms. The van der Waals surface area contributed by atoms with Crippen molar-refractivity contribution < 1.29 is 9.59 Å². The molecule has 3 heteroatoms. The molecule has 1 aromatic rings. The van der Waals surface area contributed by atoms with Crippen LogP contribution in [0.5, 0.6) is 0 Å². The van der Waals surface area contributed by atoms with E-state index in [9.17, 15) is 9.59 Å². The monoisotopic (exact) mass is 271 g/mol. The normalized spacial score (nSPS) is 12.1. The second-order valence-electron chi connectivity index (χ2n) is 4.88. The van der Waals surface area contributed by atoms with Crippen LogP contribution in [0.1, 0.15) is 18.9 Å². The van der Waals surface area contributed by atoms with Crippen LogP contribution in [-0.4, -0.2) is 37.1 Å². The van der Waals surface area contributed by atoms with Crippen LogP contribution in [0.4, 0.5) is 0 Å². The summed E-state index contributed by atoms with van der Waals surface area (Å²) in [5, 5.41) is 0. The van der Waals surface area contributed by atoms with Gasteiger partial charge in [0.05, 0.1) is 5.57 Å². The van der Waals surface area contributed by atoms with Crippen LogP contribution in [0.3, 0.4) is 0 Å². The average Bonchev–Trinajstić information content (AvgIpc) is 2.41. The Morgan fingerprint density at radius 1 is 1.15 bits per heavy atom. The van der Waals surface area contributed by atoms with Crippen LogP contribution in [0.25, 0.3) is 6.08 Å². The minimum absolute atomic E-state index is 0.107. The Morgan fingerprint density at radius 2 is 1.80 bits per heavy atom. The van der Waals surface area contributed by atoms with E-state index in [4.69, 9.17) is 0 Å². The number of ketones is 2. The number of carbonyl (C=O) groups excluding carboxylic acids is 2. The quantitative estimate of drug-likeness (QED) is 0.331. The lowest BCUT2D eigenvalue weighted by atomic mass is 10.0. The van der Waals surface area contributed by atoms with E-state index < -0.39 is 0 Å². The van der Waals surface area contributed by atoms with Crippen LogP contribution in [0.15, 0.2) is 48.1 Å². The molecule has 1 rings (SSSR count). The summed E-state index contributed by atoms with van der Waals surface area (Å²) in [6.45, 7) is 2.07. The van der Waals surface area contributed by atoms with Crippen LogP contribution in [-0.2, 0) is 9.59 Å². The first-order valence-electron chi connectivity index (χ1n) is 6.63. The molecule has 0 saturated heterocycles. The van der Waals surface area contributed by atoms with Crippen LogP contribution in [0, 0.1) is 0 Å². The Bertz CT molecular complexity index is 513. The number of hydrogen-bond acceptors (Lipinski definition) is 3. The number of hydrogen-bond donors (Lipinski definition) is 0. The molecule has 0 N–H and O–H groups in total. The summed E-state index contributed by atoms with van der Waals surface area (Å²) >= 11 is 0. The molecule has 0 saturated carbocycles. The third-order valence-corrected chi connectivity index (χ3v) is 2.82. The fourth-order valence-corrected chi connectivity index (χ4v) is 1.69. The van der Waals surface area contributed by atoms with Crippen molar-refractivity contribution in [1.82, 2.24) is 4.90 Å². The summed E-state index contributed by atoms with van der Waals surface area (Å²) in [5.41, 5.74) is 1.30. The van der Waals surface area contributed by atoms with E-state index in [1.54, 1.807) is 12.2 Å². The summed E-state index contributed by atoms with van der Waals surface area (Å²) in [7, 11) is 3.81. The molecule has 0 aromatic heterocycles. The lowest BCUT2D eigenvalue weighted by Crippen LogP contribution is -2.19. The van der Waals surface area contributed by atoms with E-state index >= 15 is 0 Å². The highest BCUT2D eigenvalue weighted by Gasteiger charge is 2.13. The minimum atomic E-state index is -0.188. The molecule has 106 valence electrons. The van der Waals surface area contributed by atoms with Crippen molar-refractivity contribution in [3.63, 3.8) is 0 Å². The molecule has 0 fully saturated rings. The van der Waals surface area contributed by atoms with Crippen molar-refractivity contribution in [2.45, 2.75) is 13.3 Å². The standard InChI is InChI=1S/C17H21NO2/c1-14(19)16(17(20)12-13-18(2)3)11-7-10-15-8-5-4-6-9-15/h4-11H,12-13H2,1-3H3/b10-7-,16-11-. The molecule has 0 spiro atoms. The average molecular weight is 271 g/mol. The van der Waals surface area contributed by atoms with Gasteiger partial charge in [-0.25, -0.2) is 0 Å². The lowest BCUT2D eigenvalue weighted by molar-refractivity contribution is -0.120. The number of Topliss-reactive ketones (excluding diaryl/α,β-unsaturated/α-hetero) is 2. The van der Waals surface area contributed by atoms with E-state index in [2.05, 4.69) is 0 Å². The molecule has 0 unspecified atom stereocenters. The first-order chi connectivity index (χ1) is 9.50. The van der Waals surface area contributed by atoms with E-state index in [1.807, 2.05) is 55.4 Å². The molecule has 3 nitrogen and oxygen atoms in total. The third kappa shape index (κ3) is 5.76. The second kappa shape index (κ2) is 8.23. The molecular weight excluding hydrogens is 250 g/mol. The van der Waals surface area contributed by atoms with E-state index in [0.29, 0.717) is 13.0 Å². The van der Waals surface area contributed by atoms with Gasteiger partial charge in [-0.05, 0) is 32.7 Å². The summed E-state index contributed by atoms with van der Waals surface area (Å²) in [6.07, 6.45) is 5.59. The van der Waals surface area contributed by atoms with Gasteiger partial charge in [0.15, 0.2) is 11.6 Å². The lowest BCUT2D eigenvalue weighted by Gasteiger charge is -2.08. The van der Waals surface area contributed by atoms with Gasteiger partial charge in [-0.2, -0.15) is 0 Å². The second-order valence-corrected chi connectivity index (χ2v) is 4.88. The Labute approximate surface area is 120 Å². The maximum Gasteiger partial charge on any atom is 0.167 e. The SMILES string of the molecule is CC(=O)/C(=C/C=C\c1ccccc1)C(=O)CCN(C)C. The maximum absolute atomic E-state index is 12.0. The van der Waals surface area contributed by atoms with Gasteiger partial charge in [-0.1, -0.05) is 42.5 Å². The van der Waals surface area contributed by atoms with Gasteiger partial charge in [-0.3, -0.25) is 9.59 Å². The minimum Gasteiger partial charge on any atom is -0.309 e. The van der Waals surface area contributed by atoms with E-state index in [-0.39, 0.29) is 17.1 Å². The van der Waals surface area contributed by atoms with Gasteiger partial charge >= 0.3 is 0 Å². The predicted molar refractivity (Wildman–Crippen MR) is 82.4 cm³/mol. The topological polar surface area (TPSA) is 37.4 Å². The highest BCUT2D eigenvalue weighted by molar-refractivity contribution is 6.19. The number of allylic oxidation sites excluding steroid dienone is 3. The summed E-state index contributed by atoms with van der Waals surface area (Å²) in [6, 6.07) is 9.76. The Hall–Kier alpha value is -2.00. The van der Waals surface area contributed by atoms with Crippen molar-refractivity contribution in [1.29, 1.82) is 0 Å². The smallest absolute Gasteiger partial charge is 0.167 e. The maximum atomic E-state index is 12.0.